The van der Waals surface area contributed by atoms with Crippen molar-refractivity contribution in [2.45, 2.75) is 55.4 Å². The number of hydrogen-bond acceptors (Lipinski definition) is 4. The molecule has 0 N–H and O–H groups in total. The molecule has 0 radical (unpaired) electrons. The summed E-state index contributed by atoms with van der Waals surface area (Å²) in [6, 6.07) is 18.3. The van der Waals surface area contributed by atoms with Crippen LogP contribution in [0.25, 0.3) is 0 Å². The summed E-state index contributed by atoms with van der Waals surface area (Å²) in [5.74, 6) is 0.340. The third kappa shape index (κ3) is 4.98. The minimum atomic E-state index is -0.694. The number of piperidine rings is 2. The zero-order chi connectivity index (χ0) is 26.2. The Kier molecular flexibility index (Phi) is 7.75. The van der Waals surface area contributed by atoms with Crippen LogP contribution in [0.5, 0.6) is 0 Å². The number of benzene rings is 2. The first-order valence-corrected chi connectivity index (χ1v) is 14.5. The highest BCUT2D eigenvalue weighted by molar-refractivity contribution is 9.10. The van der Waals surface area contributed by atoms with E-state index in [9.17, 15) is 9.59 Å². The molecule has 0 bridgehead atoms. The Hall–Kier alpha value is -2.22. The zero-order valence-corrected chi connectivity index (χ0v) is 23.9. The van der Waals surface area contributed by atoms with Gasteiger partial charge in [-0.2, -0.15) is 0 Å². The van der Waals surface area contributed by atoms with E-state index >= 15 is 0 Å². The van der Waals surface area contributed by atoms with Gasteiger partial charge in [0.05, 0.1) is 12.0 Å². The minimum absolute atomic E-state index is 0.0550. The highest BCUT2D eigenvalue weighted by atomic mass is 79.9. The summed E-state index contributed by atoms with van der Waals surface area (Å²) in [7, 11) is 4.30. The largest absolute Gasteiger partial charge is 0.308 e. The van der Waals surface area contributed by atoms with Crippen LogP contribution in [0.3, 0.4) is 0 Å². The number of nitrogens with zero attached hydrogens (tertiary/aromatic N) is 4. The summed E-state index contributed by atoms with van der Waals surface area (Å²) in [5, 5.41) is 0. The second-order valence-corrected chi connectivity index (χ2v) is 12.2. The van der Waals surface area contributed by atoms with E-state index in [4.69, 9.17) is 0 Å². The fraction of sp³-hybridized carbons (Fsp3) is 0.533. The Balaban J connectivity index is 1.55. The standard InChI is InChI=1S/C30H39BrN4O2/c1-30(23-13-17-32(2)18-14-23,35-26-12-8-7-9-22(26)21-27(35)36)28(31)29(37)34(24-10-5-4-6-11-24)25-15-19-33(3)20-16-25/h4-12,23,25,28H,13-21H2,1-3H3. The van der Waals surface area contributed by atoms with Gasteiger partial charge < -0.3 is 19.6 Å². The molecule has 2 amide bonds. The van der Waals surface area contributed by atoms with E-state index in [1.807, 2.05) is 64.4 Å². The summed E-state index contributed by atoms with van der Waals surface area (Å²) in [6.45, 7) is 6.03. The van der Waals surface area contributed by atoms with Crippen LogP contribution in [0.2, 0.25) is 0 Å². The summed E-state index contributed by atoms with van der Waals surface area (Å²) in [5.41, 5.74) is 2.25. The van der Waals surface area contributed by atoms with Crippen molar-refractivity contribution < 1.29 is 9.59 Å². The summed E-state index contributed by atoms with van der Waals surface area (Å²) >= 11 is 3.97. The van der Waals surface area contributed by atoms with Crippen molar-refractivity contribution in [2.75, 3.05) is 50.1 Å². The van der Waals surface area contributed by atoms with Crippen LogP contribution in [0.15, 0.2) is 54.6 Å². The Morgan fingerprint density at radius 1 is 0.919 bits per heavy atom. The number of carbonyl (C=O) groups excluding carboxylic acids is 2. The lowest BCUT2D eigenvalue weighted by atomic mass is 9.75. The van der Waals surface area contributed by atoms with E-state index in [0.29, 0.717) is 6.42 Å². The fourth-order valence-corrected chi connectivity index (χ4v) is 7.41. The molecule has 3 heterocycles. The maximum atomic E-state index is 14.7. The number of anilines is 2. The quantitative estimate of drug-likeness (QED) is 0.480. The predicted molar refractivity (Wildman–Crippen MR) is 153 cm³/mol. The van der Waals surface area contributed by atoms with E-state index < -0.39 is 10.4 Å². The lowest BCUT2D eigenvalue weighted by molar-refractivity contribution is -0.122. The van der Waals surface area contributed by atoms with Gasteiger partial charge in [-0.3, -0.25) is 9.59 Å². The van der Waals surface area contributed by atoms with Crippen molar-refractivity contribution in [3.63, 3.8) is 0 Å². The van der Waals surface area contributed by atoms with Crippen molar-refractivity contribution in [3.05, 3.63) is 60.2 Å². The number of halogens is 1. The molecule has 7 heteroatoms. The van der Waals surface area contributed by atoms with Gasteiger partial charge in [0.1, 0.15) is 4.83 Å². The van der Waals surface area contributed by atoms with Crippen LogP contribution in [0.1, 0.15) is 38.2 Å². The lowest BCUT2D eigenvalue weighted by Crippen LogP contribution is -2.65. The van der Waals surface area contributed by atoms with Crippen molar-refractivity contribution in [3.8, 4) is 0 Å². The van der Waals surface area contributed by atoms with Gasteiger partial charge in [0, 0.05) is 17.4 Å². The Morgan fingerprint density at radius 3 is 2.14 bits per heavy atom. The highest BCUT2D eigenvalue weighted by Crippen LogP contribution is 2.46. The normalized spacial score (nSPS) is 22.5. The first-order chi connectivity index (χ1) is 17.8. The van der Waals surface area contributed by atoms with Crippen molar-refractivity contribution >= 4 is 39.1 Å². The summed E-state index contributed by atoms with van der Waals surface area (Å²) in [4.78, 5) is 36.5. The van der Waals surface area contributed by atoms with Crippen LogP contribution < -0.4 is 9.80 Å². The van der Waals surface area contributed by atoms with Crippen LogP contribution >= 0.6 is 15.9 Å². The summed E-state index contributed by atoms with van der Waals surface area (Å²) < 4.78 is 0. The molecule has 2 aromatic rings. The topological polar surface area (TPSA) is 47.1 Å². The maximum Gasteiger partial charge on any atom is 0.243 e. The average molecular weight is 568 g/mol. The molecular weight excluding hydrogens is 528 g/mol. The van der Waals surface area contributed by atoms with Crippen LogP contribution in [0, 0.1) is 5.92 Å². The van der Waals surface area contributed by atoms with E-state index in [1.165, 1.54) is 0 Å². The van der Waals surface area contributed by atoms with Gasteiger partial charge in [-0.15, -0.1) is 0 Å². The molecule has 0 saturated carbocycles. The molecule has 0 aliphatic carbocycles. The highest BCUT2D eigenvalue weighted by Gasteiger charge is 2.54. The van der Waals surface area contributed by atoms with Crippen LogP contribution in [0.4, 0.5) is 11.4 Å². The van der Waals surface area contributed by atoms with Gasteiger partial charge in [0.2, 0.25) is 11.8 Å². The third-order valence-corrected chi connectivity index (χ3v) is 10.2. The number of alkyl halides is 1. The number of fused-ring (bicyclic) bond motifs is 1. The monoisotopic (exact) mass is 566 g/mol. The smallest absolute Gasteiger partial charge is 0.243 e. The molecule has 2 atom stereocenters. The molecule has 5 rings (SSSR count). The predicted octanol–water partition coefficient (Wildman–Crippen LogP) is 4.57. The van der Waals surface area contributed by atoms with Gasteiger partial charge in [0.25, 0.3) is 0 Å². The van der Waals surface area contributed by atoms with Gasteiger partial charge in [0.15, 0.2) is 0 Å². The molecule has 3 aliphatic heterocycles. The molecule has 2 unspecified atom stereocenters. The summed E-state index contributed by atoms with van der Waals surface area (Å²) in [6.07, 6.45) is 4.17. The number of likely N-dealkylation sites (tertiary alicyclic amines) is 2. The second-order valence-electron chi connectivity index (χ2n) is 11.3. The zero-order valence-electron chi connectivity index (χ0n) is 22.3. The average Bonchev–Trinajstić information content (AvgIpc) is 3.26. The molecule has 37 heavy (non-hydrogen) atoms. The maximum absolute atomic E-state index is 14.7. The minimum Gasteiger partial charge on any atom is -0.308 e. The molecule has 198 valence electrons. The van der Waals surface area contributed by atoms with Gasteiger partial charge >= 0.3 is 0 Å². The number of para-hydroxylation sites is 2. The molecular formula is C30H39BrN4O2. The van der Waals surface area contributed by atoms with Gasteiger partial charge in [-0.1, -0.05) is 52.3 Å². The van der Waals surface area contributed by atoms with Crippen molar-refractivity contribution in [2.24, 2.45) is 5.92 Å². The van der Waals surface area contributed by atoms with Crippen LogP contribution in [-0.2, 0) is 16.0 Å². The van der Waals surface area contributed by atoms with E-state index in [2.05, 4.69) is 46.7 Å². The molecule has 3 aliphatic rings. The fourth-order valence-electron chi connectivity index (χ4n) is 6.61. The van der Waals surface area contributed by atoms with Crippen molar-refractivity contribution in [1.82, 2.24) is 9.80 Å². The molecule has 6 nitrogen and oxygen atoms in total. The lowest BCUT2D eigenvalue weighted by Gasteiger charge is -2.51. The Labute approximate surface area is 229 Å². The number of carbonyl (C=O) groups is 2. The molecule has 2 saturated heterocycles. The van der Waals surface area contributed by atoms with E-state index in [-0.39, 0.29) is 23.8 Å². The van der Waals surface area contributed by atoms with E-state index in [1.54, 1.807) is 0 Å². The number of rotatable bonds is 6. The molecule has 0 spiro atoms. The van der Waals surface area contributed by atoms with Crippen LogP contribution in [-0.4, -0.2) is 78.3 Å². The third-order valence-electron chi connectivity index (χ3n) is 8.91. The molecule has 2 aromatic carbocycles. The Bertz CT molecular complexity index is 1110. The first-order valence-electron chi connectivity index (χ1n) is 13.6. The van der Waals surface area contributed by atoms with E-state index in [0.717, 1.165) is 68.8 Å². The van der Waals surface area contributed by atoms with Gasteiger partial charge in [-0.25, -0.2) is 0 Å². The second kappa shape index (κ2) is 10.9. The Morgan fingerprint density at radius 2 is 1.49 bits per heavy atom. The molecule has 0 aromatic heterocycles. The first kappa shape index (κ1) is 26.4. The van der Waals surface area contributed by atoms with Gasteiger partial charge in [-0.05, 0) is 103 Å². The molecule has 2 fully saturated rings. The number of hydrogen-bond donors (Lipinski definition) is 0. The van der Waals surface area contributed by atoms with Crippen molar-refractivity contribution in [1.29, 1.82) is 0 Å². The number of amides is 2. The SMILES string of the molecule is CN1CCC(N(C(=O)C(Br)C(C)(C2CCN(C)CC2)N2C(=O)Cc3ccccc32)c2ccccc2)CC1.